The van der Waals surface area contributed by atoms with Crippen molar-refractivity contribution < 1.29 is 36.7 Å². The van der Waals surface area contributed by atoms with Crippen molar-refractivity contribution in [1.82, 2.24) is 10.2 Å². The molecule has 7 nitrogen and oxygen atoms in total. The molecule has 0 spiro atoms. The first kappa shape index (κ1) is 23.5. The van der Waals surface area contributed by atoms with Crippen molar-refractivity contribution in [3.8, 4) is 11.5 Å². The second-order valence-electron chi connectivity index (χ2n) is 7.54. The summed E-state index contributed by atoms with van der Waals surface area (Å²) in [5.41, 5.74) is 1.26. The minimum Gasteiger partial charge on any atom is -0.493 e. The van der Waals surface area contributed by atoms with Crippen LogP contribution in [0.2, 0.25) is 0 Å². The zero-order valence-electron chi connectivity index (χ0n) is 17.6. The number of amides is 2. The van der Waals surface area contributed by atoms with Crippen molar-refractivity contribution in [2.75, 3.05) is 26.8 Å². The maximum Gasteiger partial charge on any atom is 0.422 e. The average Bonchev–Trinajstić information content (AvgIpc) is 3.31. The van der Waals surface area contributed by atoms with Crippen LogP contribution in [0.4, 0.5) is 13.2 Å². The Balaban J connectivity index is 1.43. The molecule has 0 bridgehead atoms. The molecule has 0 saturated carbocycles. The molecule has 1 aliphatic rings. The van der Waals surface area contributed by atoms with E-state index in [9.17, 15) is 22.8 Å². The van der Waals surface area contributed by atoms with Crippen LogP contribution in [-0.2, 0) is 11.2 Å². The molecule has 0 unspecified atom stereocenters. The zero-order chi connectivity index (χ0) is 23.1. The Hall–Kier alpha value is -3.17. The summed E-state index contributed by atoms with van der Waals surface area (Å²) >= 11 is 0. The smallest absolute Gasteiger partial charge is 0.422 e. The molecule has 2 aromatic rings. The number of furan rings is 1. The number of carbonyl (C=O) groups is 2. The van der Waals surface area contributed by atoms with Gasteiger partial charge in [0.15, 0.2) is 18.1 Å². The summed E-state index contributed by atoms with van der Waals surface area (Å²) in [7, 11) is 1.34. The van der Waals surface area contributed by atoms with Crippen molar-refractivity contribution in [3.63, 3.8) is 0 Å². The van der Waals surface area contributed by atoms with Crippen LogP contribution in [0.5, 0.6) is 11.5 Å². The van der Waals surface area contributed by atoms with Crippen LogP contribution in [0.3, 0.4) is 0 Å². The van der Waals surface area contributed by atoms with Gasteiger partial charge in [-0.2, -0.15) is 13.2 Å². The maximum absolute atomic E-state index is 12.4. The number of methoxy groups -OCH3 is 1. The van der Waals surface area contributed by atoms with Gasteiger partial charge in [-0.1, -0.05) is 6.07 Å². The number of halogens is 3. The third-order valence-electron chi connectivity index (χ3n) is 5.18. The molecule has 3 rings (SSSR count). The highest BCUT2D eigenvalue weighted by Gasteiger charge is 2.29. The molecular weight excluding hydrogens is 429 g/mol. The fourth-order valence-corrected chi connectivity index (χ4v) is 3.50. The van der Waals surface area contributed by atoms with Gasteiger partial charge in [-0.15, -0.1) is 0 Å². The number of hydrogen-bond donors (Lipinski definition) is 1. The van der Waals surface area contributed by atoms with Gasteiger partial charge in [0.25, 0.3) is 5.91 Å². The highest BCUT2D eigenvalue weighted by molar-refractivity contribution is 5.93. The van der Waals surface area contributed by atoms with Gasteiger partial charge in [-0.25, -0.2) is 0 Å². The van der Waals surface area contributed by atoms with Crippen LogP contribution in [0, 0.1) is 0 Å². The lowest BCUT2D eigenvalue weighted by molar-refractivity contribution is -0.153. The number of nitrogens with one attached hydrogen (secondary N) is 1. The Kier molecular flexibility index (Phi) is 7.66. The van der Waals surface area contributed by atoms with E-state index in [1.807, 2.05) is 0 Å². The molecule has 32 heavy (non-hydrogen) atoms. The second kappa shape index (κ2) is 10.4. The summed E-state index contributed by atoms with van der Waals surface area (Å²) in [5, 5.41) is 2.98. The molecule has 1 N–H and O–H groups in total. The highest BCUT2D eigenvalue weighted by Crippen LogP contribution is 2.30. The molecule has 1 aliphatic heterocycles. The number of piperidine rings is 1. The maximum atomic E-state index is 12.4. The van der Waals surface area contributed by atoms with Crippen LogP contribution in [0.15, 0.2) is 41.2 Å². The number of hydrogen-bond acceptors (Lipinski definition) is 5. The molecule has 1 aromatic heterocycles. The Bertz CT molecular complexity index is 907. The predicted octanol–water partition coefficient (Wildman–Crippen LogP) is 3.58. The van der Waals surface area contributed by atoms with E-state index >= 15 is 0 Å². The van der Waals surface area contributed by atoms with E-state index < -0.39 is 12.8 Å². The molecule has 1 saturated heterocycles. The van der Waals surface area contributed by atoms with Gasteiger partial charge in [0.1, 0.15) is 6.26 Å². The number of nitrogens with zero attached hydrogens (tertiary/aromatic N) is 1. The standard InChI is InChI=1S/C22H25F3N2O5/c1-30-19-12-15(2-4-18(19)32-14-22(23,24)25)3-5-20(28)26-17-6-9-27(10-7-17)21(29)16-8-11-31-13-16/h2,4,8,11-13,17H,3,5-7,9-10,14H2,1H3,(H,26,28). The summed E-state index contributed by atoms with van der Waals surface area (Å²) in [6.07, 6.45) is 0.381. The minimum atomic E-state index is -4.44. The van der Waals surface area contributed by atoms with E-state index in [0.29, 0.717) is 37.9 Å². The number of carbonyl (C=O) groups excluding carboxylic acids is 2. The van der Waals surface area contributed by atoms with Crippen molar-refractivity contribution in [2.45, 2.75) is 37.9 Å². The molecule has 174 valence electrons. The average molecular weight is 454 g/mol. The van der Waals surface area contributed by atoms with E-state index in [1.54, 1.807) is 23.1 Å². The quantitative estimate of drug-likeness (QED) is 0.660. The van der Waals surface area contributed by atoms with Gasteiger partial charge in [-0.3, -0.25) is 9.59 Å². The van der Waals surface area contributed by atoms with Crippen LogP contribution in [-0.4, -0.2) is 55.7 Å². The molecule has 1 fully saturated rings. The van der Waals surface area contributed by atoms with Crippen LogP contribution < -0.4 is 14.8 Å². The van der Waals surface area contributed by atoms with E-state index in [4.69, 9.17) is 13.9 Å². The summed E-state index contributed by atoms with van der Waals surface area (Å²) in [6.45, 7) is -0.311. The first-order chi connectivity index (χ1) is 15.2. The Labute approximate surface area is 183 Å². The van der Waals surface area contributed by atoms with Crippen LogP contribution >= 0.6 is 0 Å². The fourth-order valence-electron chi connectivity index (χ4n) is 3.50. The summed E-state index contributed by atoms with van der Waals surface area (Å²) in [4.78, 5) is 26.4. The second-order valence-corrected chi connectivity index (χ2v) is 7.54. The number of benzene rings is 1. The molecule has 2 heterocycles. The molecular formula is C22H25F3N2O5. The van der Waals surface area contributed by atoms with Gasteiger partial charge >= 0.3 is 6.18 Å². The highest BCUT2D eigenvalue weighted by atomic mass is 19.4. The normalized spacial score (nSPS) is 14.8. The Morgan fingerprint density at radius 3 is 2.56 bits per heavy atom. The fraction of sp³-hybridized carbons (Fsp3) is 0.455. The van der Waals surface area contributed by atoms with Gasteiger partial charge in [0, 0.05) is 25.6 Å². The lowest BCUT2D eigenvalue weighted by atomic mass is 10.0. The number of alkyl halides is 3. The summed E-state index contributed by atoms with van der Waals surface area (Å²) in [6, 6.07) is 6.20. The monoisotopic (exact) mass is 454 g/mol. The number of likely N-dealkylation sites (tertiary alicyclic amines) is 1. The number of rotatable bonds is 8. The van der Waals surface area contributed by atoms with Crippen molar-refractivity contribution in [1.29, 1.82) is 0 Å². The summed E-state index contributed by atoms with van der Waals surface area (Å²) < 4.78 is 51.9. The van der Waals surface area contributed by atoms with E-state index in [1.165, 1.54) is 25.7 Å². The zero-order valence-corrected chi connectivity index (χ0v) is 17.6. The number of ether oxygens (including phenoxy) is 2. The topological polar surface area (TPSA) is 81.0 Å². The summed E-state index contributed by atoms with van der Waals surface area (Å²) in [5.74, 6) is -0.0299. The number of aryl methyl sites for hydroxylation is 1. The first-order valence-electron chi connectivity index (χ1n) is 10.2. The molecule has 0 radical (unpaired) electrons. The van der Waals surface area contributed by atoms with Crippen LogP contribution in [0.25, 0.3) is 0 Å². The largest absolute Gasteiger partial charge is 0.493 e. The van der Waals surface area contributed by atoms with E-state index in [0.717, 1.165) is 5.56 Å². The lowest BCUT2D eigenvalue weighted by Gasteiger charge is -2.32. The van der Waals surface area contributed by atoms with Crippen molar-refractivity contribution >= 4 is 11.8 Å². The molecule has 1 aromatic carbocycles. The van der Waals surface area contributed by atoms with E-state index in [-0.39, 0.29) is 35.8 Å². The van der Waals surface area contributed by atoms with Crippen LogP contribution in [0.1, 0.15) is 35.2 Å². The molecule has 0 atom stereocenters. The van der Waals surface area contributed by atoms with Crippen molar-refractivity contribution in [3.05, 3.63) is 47.9 Å². The van der Waals surface area contributed by atoms with Gasteiger partial charge in [0.05, 0.1) is 18.9 Å². The van der Waals surface area contributed by atoms with Gasteiger partial charge < -0.3 is 24.1 Å². The van der Waals surface area contributed by atoms with Crippen molar-refractivity contribution in [2.24, 2.45) is 0 Å². The molecule has 10 heteroatoms. The SMILES string of the molecule is COc1cc(CCC(=O)NC2CCN(C(=O)c3ccoc3)CC2)ccc1OCC(F)(F)F. The van der Waals surface area contributed by atoms with Gasteiger partial charge in [-0.05, 0) is 43.0 Å². The third kappa shape index (κ3) is 6.66. The lowest BCUT2D eigenvalue weighted by Crippen LogP contribution is -2.46. The Morgan fingerprint density at radius 1 is 1.19 bits per heavy atom. The predicted molar refractivity (Wildman–Crippen MR) is 109 cm³/mol. The third-order valence-corrected chi connectivity index (χ3v) is 5.18. The minimum absolute atomic E-state index is 0.00486. The van der Waals surface area contributed by atoms with E-state index in [2.05, 4.69) is 5.32 Å². The van der Waals surface area contributed by atoms with Gasteiger partial charge in [0.2, 0.25) is 5.91 Å². The molecule has 2 amide bonds. The molecule has 0 aliphatic carbocycles. The first-order valence-corrected chi connectivity index (χ1v) is 10.2. The Morgan fingerprint density at radius 2 is 1.94 bits per heavy atom.